The quantitative estimate of drug-likeness (QED) is 0.769. The van der Waals surface area contributed by atoms with E-state index in [1.807, 2.05) is 0 Å². The Labute approximate surface area is 120 Å². The number of hydrogen-bond donors (Lipinski definition) is 1. The first kappa shape index (κ1) is 15.7. The minimum Gasteiger partial charge on any atom is -0.311 e. The summed E-state index contributed by atoms with van der Waals surface area (Å²) in [7, 11) is 0. The van der Waals surface area contributed by atoms with Crippen molar-refractivity contribution < 1.29 is 0 Å². The van der Waals surface area contributed by atoms with Crippen LogP contribution in [0.15, 0.2) is 28.7 Å². The third-order valence-electron chi connectivity index (χ3n) is 3.11. The van der Waals surface area contributed by atoms with E-state index in [-0.39, 0.29) is 5.54 Å². The Kier molecular flexibility index (Phi) is 6.37. The highest BCUT2D eigenvalue weighted by molar-refractivity contribution is 9.10. The maximum atomic E-state index is 3.63. The Morgan fingerprint density at radius 2 is 2.00 bits per heavy atom. The van der Waals surface area contributed by atoms with E-state index >= 15 is 0 Å². The maximum Gasteiger partial charge on any atom is 0.0178 e. The number of nitrogens with one attached hydrogen (secondary N) is 1. The molecule has 0 heterocycles. The third-order valence-corrected chi connectivity index (χ3v) is 3.60. The van der Waals surface area contributed by atoms with Gasteiger partial charge in [-0.25, -0.2) is 0 Å². The van der Waals surface area contributed by atoms with E-state index in [0.717, 1.165) is 6.54 Å². The molecule has 0 bridgehead atoms. The SMILES string of the molecule is CCCCC(CNC(C)(C)C)c1cccc(Br)c1. The molecule has 1 nitrogen and oxygen atoms in total. The number of halogens is 1. The van der Waals surface area contributed by atoms with Gasteiger partial charge in [0.25, 0.3) is 0 Å². The largest absolute Gasteiger partial charge is 0.311 e. The maximum absolute atomic E-state index is 3.63. The predicted octanol–water partition coefficient (Wildman–Crippen LogP) is 5.11. The lowest BCUT2D eigenvalue weighted by molar-refractivity contribution is 0.396. The van der Waals surface area contributed by atoms with Crippen LogP contribution in [0.1, 0.15) is 58.4 Å². The van der Waals surface area contributed by atoms with Crippen molar-refractivity contribution in [3.8, 4) is 0 Å². The molecule has 18 heavy (non-hydrogen) atoms. The number of benzene rings is 1. The van der Waals surface area contributed by atoms with Crippen molar-refractivity contribution in [2.75, 3.05) is 6.54 Å². The van der Waals surface area contributed by atoms with E-state index < -0.39 is 0 Å². The average molecular weight is 312 g/mol. The zero-order chi connectivity index (χ0) is 13.6. The topological polar surface area (TPSA) is 12.0 Å². The van der Waals surface area contributed by atoms with Gasteiger partial charge in [0.15, 0.2) is 0 Å². The van der Waals surface area contributed by atoms with Crippen molar-refractivity contribution in [2.24, 2.45) is 0 Å². The standard InChI is InChI=1S/C16H26BrN/c1-5-6-8-14(12-18-16(2,3)4)13-9-7-10-15(17)11-13/h7,9-11,14,18H,5-6,8,12H2,1-4H3. The molecule has 102 valence electrons. The summed E-state index contributed by atoms with van der Waals surface area (Å²) in [6.45, 7) is 10.00. The number of rotatable bonds is 6. The summed E-state index contributed by atoms with van der Waals surface area (Å²) in [6, 6.07) is 8.73. The summed E-state index contributed by atoms with van der Waals surface area (Å²) in [6.07, 6.45) is 3.82. The smallest absolute Gasteiger partial charge is 0.0178 e. The summed E-state index contributed by atoms with van der Waals surface area (Å²) in [4.78, 5) is 0. The second-order valence-electron chi connectivity index (χ2n) is 6.03. The summed E-state index contributed by atoms with van der Waals surface area (Å²) in [5.74, 6) is 0.613. The molecule has 0 fully saturated rings. The second kappa shape index (κ2) is 7.30. The lowest BCUT2D eigenvalue weighted by Gasteiger charge is -2.25. The lowest BCUT2D eigenvalue weighted by Crippen LogP contribution is -2.38. The molecular weight excluding hydrogens is 286 g/mol. The highest BCUT2D eigenvalue weighted by Crippen LogP contribution is 2.24. The monoisotopic (exact) mass is 311 g/mol. The van der Waals surface area contributed by atoms with E-state index in [0.29, 0.717) is 5.92 Å². The molecule has 0 aromatic heterocycles. The average Bonchev–Trinajstić information content (AvgIpc) is 2.28. The van der Waals surface area contributed by atoms with Crippen molar-refractivity contribution in [3.05, 3.63) is 34.3 Å². The highest BCUT2D eigenvalue weighted by atomic mass is 79.9. The van der Waals surface area contributed by atoms with Gasteiger partial charge in [-0.05, 0) is 50.8 Å². The van der Waals surface area contributed by atoms with Gasteiger partial charge in [-0.2, -0.15) is 0 Å². The van der Waals surface area contributed by atoms with E-state index in [4.69, 9.17) is 0 Å². The molecular formula is C16H26BrN. The minimum absolute atomic E-state index is 0.191. The zero-order valence-corrected chi connectivity index (χ0v) is 13.7. The van der Waals surface area contributed by atoms with Crippen LogP contribution in [0.25, 0.3) is 0 Å². The fourth-order valence-corrected chi connectivity index (χ4v) is 2.44. The molecule has 0 aliphatic heterocycles. The van der Waals surface area contributed by atoms with Gasteiger partial charge in [0.05, 0.1) is 0 Å². The molecule has 1 atom stereocenters. The molecule has 0 saturated carbocycles. The first-order valence-corrected chi connectivity index (χ1v) is 7.72. The van der Waals surface area contributed by atoms with Crippen molar-refractivity contribution in [1.29, 1.82) is 0 Å². The van der Waals surface area contributed by atoms with Gasteiger partial charge in [-0.15, -0.1) is 0 Å². The van der Waals surface area contributed by atoms with Gasteiger partial charge in [0.1, 0.15) is 0 Å². The molecule has 1 unspecified atom stereocenters. The van der Waals surface area contributed by atoms with Crippen LogP contribution in [0.2, 0.25) is 0 Å². The normalized spacial score (nSPS) is 13.6. The van der Waals surface area contributed by atoms with Crippen molar-refractivity contribution >= 4 is 15.9 Å². The molecule has 2 heteroatoms. The Hall–Kier alpha value is -0.340. The first-order valence-electron chi connectivity index (χ1n) is 6.93. The zero-order valence-electron chi connectivity index (χ0n) is 12.1. The van der Waals surface area contributed by atoms with Gasteiger partial charge < -0.3 is 5.32 Å². The molecule has 0 spiro atoms. The van der Waals surface area contributed by atoms with Crippen LogP contribution in [-0.4, -0.2) is 12.1 Å². The van der Waals surface area contributed by atoms with Gasteiger partial charge in [-0.3, -0.25) is 0 Å². The second-order valence-corrected chi connectivity index (χ2v) is 6.94. The molecule has 0 aliphatic rings. The van der Waals surface area contributed by atoms with Crippen molar-refractivity contribution in [1.82, 2.24) is 5.32 Å². The lowest BCUT2D eigenvalue weighted by atomic mass is 9.92. The van der Waals surface area contributed by atoms with Gasteiger partial charge >= 0.3 is 0 Å². The Bertz CT molecular complexity index is 354. The van der Waals surface area contributed by atoms with Crippen LogP contribution in [0.5, 0.6) is 0 Å². The summed E-state index contributed by atoms with van der Waals surface area (Å²) < 4.78 is 1.18. The van der Waals surface area contributed by atoms with Gasteiger partial charge in [-0.1, -0.05) is 47.8 Å². The van der Waals surface area contributed by atoms with Gasteiger partial charge in [0, 0.05) is 16.6 Å². The minimum atomic E-state index is 0.191. The molecule has 0 aliphatic carbocycles. The first-order chi connectivity index (χ1) is 8.42. The van der Waals surface area contributed by atoms with Gasteiger partial charge in [0.2, 0.25) is 0 Å². The summed E-state index contributed by atoms with van der Waals surface area (Å²) in [5.41, 5.74) is 1.63. The number of unbranched alkanes of at least 4 members (excludes halogenated alkanes) is 1. The Balaban J connectivity index is 2.71. The Morgan fingerprint density at radius 1 is 1.28 bits per heavy atom. The highest BCUT2D eigenvalue weighted by Gasteiger charge is 2.15. The fourth-order valence-electron chi connectivity index (χ4n) is 2.03. The molecule has 1 aromatic carbocycles. The van der Waals surface area contributed by atoms with E-state index in [2.05, 4.69) is 73.2 Å². The van der Waals surface area contributed by atoms with Crippen LogP contribution in [0, 0.1) is 0 Å². The molecule has 0 amide bonds. The van der Waals surface area contributed by atoms with Crippen LogP contribution in [0.4, 0.5) is 0 Å². The van der Waals surface area contributed by atoms with E-state index in [9.17, 15) is 0 Å². The van der Waals surface area contributed by atoms with Crippen LogP contribution in [0.3, 0.4) is 0 Å². The van der Waals surface area contributed by atoms with E-state index in [1.165, 1.54) is 29.3 Å². The summed E-state index contributed by atoms with van der Waals surface area (Å²) in [5, 5.41) is 3.63. The Morgan fingerprint density at radius 3 is 2.56 bits per heavy atom. The van der Waals surface area contributed by atoms with Crippen LogP contribution < -0.4 is 5.32 Å². The van der Waals surface area contributed by atoms with Crippen molar-refractivity contribution in [2.45, 2.75) is 58.4 Å². The van der Waals surface area contributed by atoms with E-state index in [1.54, 1.807) is 0 Å². The third kappa shape index (κ3) is 6.01. The molecule has 1 aromatic rings. The predicted molar refractivity (Wildman–Crippen MR) is 84.2 cm³/mol. The summed E-state index contributed by atoms with van der Waals surface area (Å²) >= 11 is 3.57. The number of hydrogen-bond acceptors (Lipinski definition) is 1. The van der Waals surface area contributed by atoms with Crippen LogP contribution >= 0.6 is 15.9 Å². The molecule has 0 saturated heterocycles. The molecule has 1 N–H and O–H groups in total. The molecule has 1 rings (SSSR count). The van der Waals surface area contributed by atoms with Crippen LogP contribution in [-0.2, 0) is 0 Å². The molecule has 0 radical (unpaired) electrons. The fraction of sp³-hybridized carbons (Fsp3) is 0.625. The van der Waals surface area contributed by atoms with Crippen molar-refractivity contribution in [3.63, 3.8) is 0 Å².